The van der Waals surface area contributed by atoms with E-state index in [-0.39, 0.29) is 24.8 Å². The van der Waals surface area contributed by atoms with Crippen LogP contribution in [0.1, 0.15) is 44.9 Å². The second-order valence-electron chi connectivity index (χ2n) is 12.9. The van der Waals surface area contributed by atoms with E-state index >= 15 is 0 Å². The van der Waals surface area contributed by atoms with E-state index in [4.69, 9.17) is 14.7 Å². The largest absolute Gasteiger partial charge is 0.479 e. The van der Waals surface area contributed by atoms with Gasteiger partial charge < -0.3 is 25.4 Å². The average molecular weight is 646 g/mol. The minimum absolute atomic E-state index is 0.145. The van der Waals surface area contributed by atoms with Crippen LogP contribution in [-0.2, 0) is 14.4 Å². The lowest BCUT2D eigenvalue weighted by atomic mass is 10.0. The predicted molar refractivity (Wildman–Crippen MR) is 182 cm³/mol. The molecule has 4 aromatic rings. The van der Waals surface area contributed by atoms with E-state index in [1.165, 1.54) is 0 Å². The molecule has 2 fully saturated rings. The number of carbonyl (C=O) groups excluding carboxylic acids is 2. The summed E-state index contributed by atoms with van der Waals surface area (Å²) in [7, 11) is 0. The second kappa shape index (κ2) is 13.5. The maximum absolute atomic E-state index is 14.4. The van der Waals surface area contributed by atoms with Gasteiger partial charge >= 0.3 is 5.97 Å². The lowest BCUT2D eigenvalue weighted by Gasteiger charge is -2.30. The van der Waals surface area contributed by atoms with Crippen molar-refractivity contribution in [1.29, 1.82) is 0 Å². The Balaban J connectivity index is 1.22. The Labute approximate surface area is 279 Å². The molecule has 0 bridgehead atoms. The first-order valence-electron chi connectivity index (χ1n) is 16.7. The van der Waals surface area contributed by atoms with Crippen molar-refractivity contribution in [3.63, 3.8) is 0 Å². The number of fused-ring (bicyclic) bond motifs is 3. The monoisotopic (exact) mass is 645 g/mol. The van der Waals surface area contributed by atoms with E-state index in [0.717, 1.165) is 42.3 Å². The molecular weight excluding hydrogens is 606 g/mol. The van der Waals surface area contributed by atoms with E-state index in [1.807, 2.05) is 97.1 Å². The summed E-state index contributed by atoms with van der Waals surface area (Å²) in [5.74, 6) is -1.19. The number of aromatic nitrogens is 2. The van der Waals surface area contributed by atoms with Gasteiger partial charge in [-0.1, -0.05) is 85.7 Å². The van der Waals surface area contributed by atoms with Crippen molar-refractivity contribution in [3.05, 3.63) is 97.1 Å². The first-order chi connectivity index (χ1) is 23.4. The zero-order valence-electron chi connectivity index (χ0n) is 26.6. The van der Waals surface area contributed by atoms with Crippen LogP contribution in [0, 0.1) is 5.92 Å². The molecule has 3 heterocycles. The highest BCUT2D eigenvalue weighted by molar-refractivity contribution is 5.96. The Morgan fingerprint density at radius 2 is 1.69 bits per heavy atom. The summed E-state index contributed by atoms with van der Waals surface area (Å²) in [5.41, 5.74) is 0.988. The highest BCUT2D eigenvalue weighted by atomic mass is 16.5. The zero-order chi connectivity index (χ0) is 33.1. The lowest BCUT2D eigenvalue weighted by Crippen LogP contribution is -2.55. The molecule has 0 radical (unpaired) electrons. The van der Waals surface area contributed by atoms with Gasteiger partial charge in [-0.15, -0.1) is 0 Å². The van der Waals surface area contributed by atoms with Crippen molar-refractivity contribution in [1.82, 2.24) is 20.2 Å². The molecule has 3 N–H and O–H groups in total. The quantitative estimate of drug-likeness (QED) is 0.231. The average Bonchev–Trinajstić information content (AvgIpc) is 3.64. The molecule has 3 aliphatic rings. The summed E-state index contributed by atoms with van der Waals surface area (Å²) in [4.78, 5) is 52.1. The minimum Gasteiger partial charge on any atom is -0.479 e. The second-order valence-corrected chi connectivity index (χ2v) is 12.9. The number of anilines is 1. The van der Waals surface area contributed by atoms with E-state index in [1.54, 1.807) is 4.90 Å². The number of nitrogens with one attached hydrogen (secondary N) is 2. The van der Waals surface area contributed by atoms with Crippen molar-refractivity contribution in [2.24, 2.45) is 5.92 Å². The Kier molecular flexibility index (Phi) is 8.80. The van der Waals surface area contributed by atoms with Crippen molar-refractivity contribution in [3.8, 4) is 17.3 Å². The summed E-state index contributed by atoms with van der Waals surface area (Å²) in [6.45, 7) is 0.145. The number of hydrogen-bond acceptors (Lipinski definition) is 7. The molecule has 7 rings (SSSR count). The number of benzene rings is 3. The first kappa shape index (κ1) is 31.4. The molecule has 1 saturated carbocycles. The molecule has 5 atom stereocenters. The van der Waals surface area contributed by atoms with Gasteiger partial charge in [0.2, 0.25) is 17.7 Å². The fourth-order valence-corrected chi connectivity index (χ4v) is 6.89. The first-order valence-corrected chi connectivity index (χ1v) is 16.7. The van der Waals surface area contributed by atoms with Crippen LogP contribution in [0.25, 0.3) is 22.3 Å². The Bertz CT molecular complexity index is 1830. The predicted octanol–water partition coefficient (Wildman–Crippen LogP) is 5.61. The van der Waals surface area contributed by atoms with E-state index < -0.39 is 35.6 Å². The van der Waals surface area contributed by atoms with Gasteiger partial charge in [-0.25, -0.2) is 9.78 Å². The molecule has 10 heteroatoms. The number of rotatable bonds is 6. The number of hydrogen-bond donors (Lipinski definition) is 3. The van der Waals surface area contributed by atoms with Crippen molar-refractivity contribution in [2.75, 3.05) is 11.9 Å². The molecule has 2 amide bonds. The number of allylic oxidation sites excluding steroid dienone is 1. The molecule has 10 nitrogen and oxygen atoms in total. The molecule has 3 aromatic carbocycles. The fraction of sp³-hybridized carbons (Fsp3) is 0.342. The Morgan fingerprint density at radius 1 is 0.938 bits per heavy atom. The van der Waals surface area contributed by atoms with Gasteiger partial charge in [0.25, 0.3) is 0 Å². The van der Waals surface area contributed by atoms with Crippen molar-refractivity contribution >= 4 is 34.4 Å². The Hall–Kier alpha value is -5.25. The summed E-state index contributed by atoms with van der Waals surface area (Å²) < 4.78 is 6.58. The third kappa shape index (κ3) is 6.47. The number of carbonyl (C=O) groups is 3. The van der Waals surface area contributed by atoms with Gasteiger partial charge in [0, 0.05) is 23.6 Å². The molecule has 48 heavy (non-hydrogen) atoms. The number of nitrogens with zero attached hydrogens (tertiary/aromatic N) is 3. The van der Waals surface area contributed by atoms with Crippen LogP contribution in [-0.4, -0.2) is 68.0 Å². The van der Waals surface area contributed by atoms with Crippen LogP contribution >= 0.6 is 0 Å². The molecule has 246 valence electrons. The number of aliphatic carboxylic acids is 1. The SMILES string of the molecule is O=C1N[C@]2(C(=O)O)C[C@@H]2/C=C\CCCCC[C@H](Nc2ccccc2)C(=O)N2C[C@H](Oc3nc(-c4ccccc4)nc4ccccc34)C[C@@H]12. The van der Waals surface area contributed by atoms with E-state index in [0.29, 0.717) is 30.1 Å². The van der Waals surface area contributed by atoms with Gasteiger partial charge in [0.15, 0.2) is 5.82 Å². The maximum atomic E-state index is 14.4. The summed E-state index contributed by atoms with van der Waals surface area (Å²) >= 11 is 0. The van der Waals surface area contributed by atoms with Gasteiger partial charge in [-0.05, 0) is 49.9 Å². The third-order valence-electron chi connectivity index (χ3n) is 9.61. The number of ether oxygens (including phenoxy) is 1. The summed E-state index contributed by atoms with van der Waals surface area (Å²) in [6, 6.07) is 25.3. The number of para-hydroxylation sites is 2. The van der Waals surface area contributed by atoms with E-state index in [2.05, 4.69) is 10.6 Å². The van der Waals surface area contributed by atoms with Crippen molar-refractivity contribution in [2.45, 2.75) is 68.7 Å². The number of carboxylic acids is 1. The van der Waals surface area contributed by atoms with Crippen LogP contribution in [0.4, 0.5) is 5.69 Å². The van der Waals surface area contributed by atoms with Gasteiger partial charge in [0.05, 0.1) is 17.4 Å². The normalized spacial score (nSPS) is 26.7. The van der Waals surface area contributed by atoms with Gasteiger partial charge in [-0.2, -0.15) is 4.98 Å². The van der Waals surface area contributed by atoms with Crippen LogP contribution < -0.4 is 15.4 Å². The van der Waals surface area contributed by atoms with Crippen LogP contribution in [0.5, 0.6) is 5.88 Å². The third-order valence-corrected chi connectivity index (χ3v) is 9.61. The highest BCUT2D eigenvalue weighted by Gasteiger charge is 2.61. The Morgan fingerprint density at radius 3 is 2.48 bits per heavy atom. The van der Waals surface area contributed by atoms with Gasteiger partial charge in [0.1, 0.15) is 23.7 Å². The highest BCUT2D eigenvalue weighted by Crippen LogP contribution is 2.45. The molecule has 1 saturated heterocycles. The van der Waals surface area contributed by atoms with Crippen LogP contribution in [0.2, 0.25) is 0 Å². The number of amides is 2. The minimum atomic E-state index is -1.38. The lowest BCUT2D eigenvalue weighted by molar-refractivity contribution is -0.145. The fourth-order valence-electron chi connectivity index (χ4n) is 6.89. The molecule has 0 spiro atoms. The molecule has 1 aromatic heterocycles. The molecule has 0 unspecified atom stereocenters. The van der Waals surface area contributed by atoms with Gasteiger partial charge in [-0.3, -0.25) is 9.59 Å². The molecule has 2 aliphatic heterocycles. The topological polar surface area (TPSA) is 134 Å². The molecular formula is C38H39N5O5. The summed E-state index contributed by atoms with van der Waals surface area (Å²) in [5, 5.41) is 17.2. The van der Waals surface area contributed by atoms with Crippen LogP contribution in [0.3, 0.4) is 0 Å². The number of carboxylic acid groups (broad SMARTS) is 1. The maximum Gasteiger partial charge on any atom is 0.330 e. The smallest absolute Gasteiger partial charge is 0.330 e. The molecule has 1 aliphatic carbocycles. The van der Waals surface area contributed by atoms with Crippen LogP contribution in [0.15, 0.2) is 97.1 Å². The standard InChI is InChI=1S/C38H39N5O5/c44-34-32-22-28(48-35-29-19-12-13-20-30(29)40-33(41-35)25-14-6-4-7-15-25)24-43(32)36(45)31(39-27-17-9-5-10-18-27)21-11-3-1-2-8-16-26-23-38(26,42-34)37(46)47/h4-10,12-20,26,28,31-32,39H,1-3,11,21-24H2,(H,42,44)(H,46,47)/b16-8-/t26-,28+,31-,32-,38+/m0/s1. The van der Waals surface area contributed by atoms with E-state index in [9.17, 15) is 19.5 Å². The summed E-state index contributed by atoms with van der Waals surface area (Å²) in [6.07, 6.45) is 7.97. The van der Waals surface area contributed by atoms with Crippen molar-refractivity contribution < 1.29 is 24.2 Å². The zero-order valence-corrected chi connectivity index (χ0v) is 26.6.